The second kappa shape index (κ2) is 8.08. The van der Waals surface area contributed by atoms with Gasteiger partial charge in [-0.15, -0.1) is 17.9 Å². The lowest BCUT2D eigenvalue weighted by Gasteiger charge is -2.11. The molecule has 2 aromatic heterocycles. The molecule has 5 nitrogen and oxygen atoms in total. The van der Waals surface area contributed by atoms with Crippen molar-refractivity contribution >= 4 is 44.9 Å². The number of hydrogen-bond acceptors (Lipinski definition) is 5. The van der Waals surface area contributed by atoms with E-state index in [1.54, 1.807) is 6.08 Å². The largest absolute Gasteiger partial charge is 0.323 e. The van der Waals surface area contributed by atoms with Gasteiger partial charge in [-0.3, -0.25) is 14.2 Å². The minimum absolute atomic E-state index is 0.101. The van der Waals surface area contributed by atoms with E-state index in [2.05, 4.69) is 16.9 Å². The number of hydrogen-bond donors (Lipinski definition) is 1. The molecule has 0 atom stereocenters. The van der Waals surface area contributed by atoms with Gasteiger partial charge < -0.3 is 5.32 Å². The highest BCUT2D eigenvalue weighted by Gasteiger charge is 2.23. The van der Waals surface area contributed by atoms with Crippen LogP contribution >= 0.6 is 23.1 Å². The van der Waals surface area contributed by atoms with Crippen LogP contribution in [0, 0.1) is 11.6 Å². The first-order chi connectivity index (χ1) is 14.0. The van der Waals surface area contributed by atoms with E-state index in [4.69, 9.17) is 0 Å². The minimum Gasteiger partial charge on any atom is -0.323 e. The van der Waals surface area contributed by atoms with Crippen LogP contribution in [0.15, 0.2) is 40.8 Å². The molecule has 0 aliphatic heterocycles. The first-order valence-electron chi connectivity index (χ1n) is 9.01. The van der Waals surface area contributed by atoms with Gasteiger partial charge in [0, 0.05) is 17.5 Å². The second-order valence-corrected chi connectivity index (χ2v) is 8.62. The normalized spacial score (nSPS) is 12.9. The molecule has 1 aromatic carbocycles. The Kier molecular flexibility index (Phi) is 5.51. The number of anilines is 1. The van der Waals surface area contributed by atoms with Crippen molar-refractivity contribution in [3.05, 3.63) is 63.3 Å². The average Bonchev–Trinajstić information content (AvgIpc) is 3.26. The molecule has 1 amide bonds. The maximum Gasteiger partial charge on any atom is 0.263 e. The predicted molar refractivity (Wildman–Crippen MR) is 112 cm³/mol. The molecule has 9 heteroatoms. The summed E-state index contributed by atoms with van der Waals surface area (Å²) in [6.45, 7) is 3.97. The number of aryl methyl sites for hydroxylation is 2. The summed E-state index contributed by atoms with van der Waals surface area (Å²) in [7, 11) is 0. The average molecular weight is 434 g/mol. The summed E-state index contributed by atoms with van der Waals surface area (Å²) < 4.78 is 28.5. The zero-order valence-corrected chi connectivity index (χ0v) is 17.0. The van der Waals surface area contributed by atoms with E-state index in [1.165, 1.54) is 20.8 Å². The molecule has 1 aliphatic carbocycles. The number of nitrogens with one attached hydrogen (secondary N) is 1. The van der Waals surface area contributed by atoms with Crippen molar-refractivity contribution in [3.8, 4) is 0 Å². The van der Waals surface area contributed by atoms with E-state index in [9.17, 15) is 18.4 Å². The Morgan fingerprint density at radius 2 is 2.21 bits per heavy atom. The third-order valence-electron chi connectivity index (χ3n) is 4.64. The molecular formula is C20H17F2N3O2S2. The molecule has 0 saturated heterocycles. The fraction of sp³-hybridized carbons (Fsp3) is 0.250. The lowest BCUT2D eigenvalue weighted by molar-refractivity contribution is -0.113. The van der Waals surface area contributed by atoms with Crippen LogP contribution in [0.4, 0.5) is 14.5 Å². The van der Waals surface area contributed by atoms with Crippen LogP contribution in [0.1, 0.15) is 16.9 Å². The van der Waals surface area contributed by atoms with Gasteiger partial charge in [0.1, 0.15) is 16.5 Å². The van der Waals surface area contributed by atoms with Gasteiger partial charge in [0.05, 0.1) is 16.8 Å². The van der Waals surface area contributed by atoms with E-state index < -0.39 is 17.5 Å². The fourth-order valence-corrected chi connectivity index (χ4v) is 5.48. The molecule has 0 spiro atoms. The Morgan fingerprint density at radius 1 is 1.38 bits per heavy atom. The zero-order chi connectivity index (χ0) is 20.5. The molecular weight excluding hydrogens is 416 g/mol. The van der Waals surface area contributed by atoms with Gasteiger partial charge in [-0.2, -0.15) is 0 Å². The maximum atomic E-state index is 13.7. The van der Waals surface area contributed by atoms with E-state index >= 15 is 0 Å². The van der Waals surface area contributed by atoms with Crippen molar-refractivity contribution in [3.63, 3.8) is 0 Å². The third-order valence-corrected chi connectivity index (χ3v) is 6.80. The molecule has 150 valence electrons. The number of benzene rings is 1. The predicted octanol–water partition coefficient (Wildman–Crippen LogP) is 4.14. The quantitative estimate of drug-likeness (QED) is 0.361. The zero-order valence-electron chi connectivity index (χ0n) is 15.3. The molecule has 0 fully saturated rings. The molecule has 0 bridgehead atoms. The van der Waals surface area contributed by atoms with Crippen molar-refractivity contribution in [2.24, 2.45) is 0 Å². The smallest absolute Gasteiger partial charge is 0.263 e. The molecule has 1 N–H and O–H groups in total. The number of carbonyl (C=O) groups is 1. The number of aromatic nitrogens is 2. The summed E-state index contributed by atoms with van der Waals surface area (Å²) in [6, 6.07) is 2.85. The van der Waals surface area contributed by atoms with Gasteiger partial charge in [-0.25, -0.2) is 13.8 Å². The Bertz CT molecular complexity index is 1190. The molecule has 0 radical (unpaired) electrons. The van der Waals surface area contributed by atoms with Gasteiger partial charge in [-0.1, -0.05) is 17.8 Å². The fourth-order valence-electron chi connectivity index (χ4n) is 3.37. The van der Waals surface area contributed by atoms with Crippen molar-refractivity contribution in [1.82, 2.24) is 9.55 Å². The highest BCUT2D eigenvalue weighted by atomic mass is 32.2. The molecule has 1 aliphatic rings. The van der Waals surface area contributed by atoms with Crippen molar-refractivity contribution in [1.29, 1.82) is 0 Å². The number of thioether (sulfide) groups is 1. The van der Waals surface area contributed by atoms with E-state index in [0.717, 1.165) is 54.8 Å². The Labute approximate surface area is 173 Å². The number of halogens is 2. The van der Waals surface area contributed by atoms with Crippen LogP contribution in [0.3, 0.4) is 0 Å². The summed E-state index contributed by atoms with van der Waals surface area (Å²) in [6.07, 6.45) is 4.49. The van der Waals surface area contributed by atoms with Crippen LogP contribution in [-0.4, -0.2) is 21.2 Å². The molecule has 0 saturated carbocycles. The molecule has 2 heterocycles. The van der Waals surface area contributed by atoms with Gasteiger partial charge in [0.15, 0.2) is 5.16 Å². The maximum absolute atomic E-state index is 13.7. The first-order valence-corrected chi connectivity index (χ1v) is 10.8. The van der Waals surface area contributed by atoms with E-state index in [1.807, 2.05) is 0 Å². The van der Waals surface area contributed by atoms with Gasteiger partial charge in [-0.05, 0) is 37.0 Å². The van der Waals surface area contributed by atoms with Crippen LogP contribution in [0.25, 0.3) is 10.2 Å². The lowest BCUT2D eigenvalue weighted by atomic mass is 10.2. The van der Waals surface area contributed by atoms with Crippen molar-refractivity contribution < 1.29 is 13.6 Å². The topological polar surface area (TPSA) is 64.0 Å². The Hall–Kier alpha value is -2.52. The summed E-state index contributed by atoms with van der Waals surface area (Å²) in [5, 5.41) is 3.42. The number of rotatable bonds is 6. The summed E-state index contributed by atoms with van der Waals surface area (Å²) >= 11 is 2.60. The lowest BCUT2D eigenvalue weighted by Crippen LogP contribution is -2.24. The second-order valence-electron chi connectivity index (χ2n) is 6.60. The third kappa shape index (κ3) is 3.84. The van der Waals surface area contributed by atoms with Gasteiger partial charge >= 0.3 is 0 Å². The Balaban J connectivity index is 1.59. The number of carbonyl (C=O) groups excluding carboxylic acids is 1. The van der Waals surface area contributed by atoms with Crippen LogP contribution in [-0.2, 0) is 24.2 Å². The number of fused-ring (bicyclic) bond motifs is 3. The van der Waals surface area contributed by atoms with Gasteiger partial charge in [0.25, 0.3) is 5.56 Å². The van der Waals surface area contributed by atoms with E-state index in [-0.39, 0.29) is 23.5 Å². The van der Waals surface area contributed by atoms with E-state index in [0.29, 0.717) is 15.4 Å². The first kappa shape index (κ1) is 19.8. The number of amides is 1. The standard InChI is InChI=1S/C20H17F2N3O2S2/c1-2-8-25-19(27)17-12-4-3-5-15(12)29-18(17)24-20(25)28-10-16(26)23-14-9-11(21)6-7-13(14)22/h2,6-7,9H,1,3-5,8,10H2,(H,23,26). The van der Waals surface area contributed by atoms with Gasteiger partial charge in [0.2, 0.25) is 5.91 Å². The monoisotopic (exact) mass is 433 g/mol. The number of nitrogens with zero attached hydrogens (tertiary/aromatic N) is 2. The van der Waals surface area contributed by atoms with Crippen LogP contribution < -0.4 is 10.9 Å². The molecule has 29 heavy (non-hydrogen) atoms. The van der Waals surface area contributed by atoms with Crippen molar-refractivity contribution in [2.45, 2.75) is 31.0 Å². The minimum atomic E-state index is -0.721. The SMILES string of the molecule is C=CCn1c(SCC(=O)Nc2cc(F)ccc2F)nc2sc3c(c2c1=O)CCC3. The summed E-state index contributed by atoms with van der Waals surface area (Å²) in [5.74, 6) is -1.99. The van der Waals surface area contributed by atoms with Crippen LogP contribution in [0.5, 0.6) is 0 Å². The van der Waals surface area contributed by atoms with Crippen molar-refractivity contribution in [2.75, 3.05) is 11.1 Å². The summed E-state index contributed by atoms with van der Waals surface area (Å²) in [4.78, 5) is 31.8. The molecule has 4 rings (SSSR count). The van der Waals surface area contributed by atoms with Crippen LogP contribution in [0.2, 0.25) is 0 Å². The molecule has 3 aromatic rings. The highest BCUT2D eigenvalue weighted by molar-refractivity contribution is 7.99. The number of thiophene rings is 1. The Morgan fingerprint density at radius 3 is 3.00 bits per heavy atom. The highest BCUT2D eigenvalue weighted by Crippen LogP contribution is 2.35. The summed E-state index contributed by atoms with van der Waals surface area (Å²) in [5.41, 5.74) is 0.738. The molecule has 0 unspecified atom stereocenters. The number of allylic oxidation sites excluding steroid dienone is 1.